The summed E-state index contributed by atoms with van der Waals surface area (Å²) in [7, 11) is 1.47. The molecule has 128 valence electrons. The molecule has 0 aliphatic carbocycles. The lowest BCUT2D eigenvalue weighted by Gasteiger charge is -2.04. The second kappa shape index (κ2) is 7.61. The fourth-order valence-electron chi connectivity index (χ4n) is 2.30. The average molecular weight is 341 g/mol. The van der Waals surface area contributed by atoms with Crippen molar-refractivity contribution in [2.45, 2.75) is 6.42 Å². The van der Waals surface area contributed by atoms with Crippen LogP contribution in [0.25, 0.3) is 6.08 Å². The normalized spacial score (nSPS) is 15.0. The van der Waals surface area contributed by atoms with E-state index in [1.165, 1.54) is 31.4 Å². The number of hydrogen-bond acceptors (Lipinski definition) is 5. The van der Waals surface area contributed by atoms with Crippen LogP contribution < -0.4 is 9.47 Å². The zero-order valence-corrected chi connectivity index (χ0v) is 13.6. The van der Waals surface area contributed by atoms with E-state index in [0.717, 1.165) is 5.75 Å². The van der Waals surface area contributed by atoms with E-state index < -0.39 is 11.8 Å². The number of esters is 1. The van der Waals surface area contributed by atoms with Crippen LogP contribution in [0.5, 0.6) is 11.5 Å². The minimum absolute atomic E-state index is 0.0959. The second-order valence-electron chi connectivity index (χ2n) is 5.22. The molecule has 25 heavy (non-hydrogen) atoms. The Morgan fingerprint density at radius 2 is 2.00 bits per heavy atom. The molecule has 0 N–H and O–H groups in total. The van der Waals surface area contributed by atoms with Gasteiger partial charge in [0.15, 0.2) is 5.70 Å². The molecule has 1 aliphatic heterocycles. The largest absolute Gasteiger partial charge is 0.496 e. The van der Waals surface area contributed by atoms with Crippen molar-refractivity contribution in [3.05, 3.63) is 65.6 Å². The molecule has 0 saturated carbocycles. The van der Waals surface area contributed by atoms with Gasteiger partial charge in [-0.3, -0.25) is 0 Å². The van der Waals surface area contributed by atoms with Crippen molar-refractivity contribution < 1.29 is 23.4 Å². The van der Waals surface area contributed by atoms with Crippen molar-refractivity contribution in [1.82, 2.24) is 0 Å². The highest BCUT2D eigenvalue weighted by Gasteiger charge is 2.23. The minimum Gasteiger partial charge on any atom is -0.496 e. The molecule has 6 heteroatoms. The molecule has 3 rings (SSSR count). The van der Waals surface area contributed by atoms with Crippen molar-refractivity contribution in [2.24, 2.45) is 4.99 Å². The third-order valence-corrected chi connectivity index (χ3v) is 3.48. The number of carbonyl (C=O) groups excluding carboxylic acids is 1. The number of aliphatic imine (C=N–C) groups is 1. The Bertz CT molecular complexity index is 831. The number of ether oxygens (including phenoxy) is 3. The number of cyclic esters (lactones) is 1. The minimum atomic E-state index is -0.582. The summed E-state index contributed by atoms with van der Waals surface area (Å²) in [5.41, 5.74) is 0.513. The summed E-state index contributed by atoms with van der Waals surface area (Å²) in [5.74, 6) is 0.425. The number of para-hydroxylation sites is 1. The Balaban J connectivity index is 1.69. The molecule has 0 amide bonds. The highest BCUT2D eigenvalue weighted by Crippen LogP contribution is 2.24. The van der Waals surface area contributed by atoms with Gasteiger partial charge < -0.3 is 14.2 Å². The molecule has 2 aromatic rings. The van der Waals surface area contributed by atoms with Crippen LogP contribution in [0.15, 0.2) is 59.2 Å². The number of nitrogens with zero attached hydrogens (tertiary/aromatic N) is 1. The van der Waals surface area contributed by atoms with Crippen molar-refractivity contribution in [3.8, 4) is 11.5 Å². The van der Waals surface area contributed by atoms with Gasteiger partial charge in [-0.2, -0.15) is 0 Å². The molecular formula is C19H16FNO4. The molecule has 5 nitrogen and oxygen atoms in total. The van der Waals surface area contributed by atoms with E-state index in [0.29, 0.717) is 24.3 Å². The molecule has 0 unspecified atom stereocenters. The topological polar surface area (TPSA) is 57.1 Å². The lowest BCUT2D eigenvalue weighted by molar-refractivity contribution is -0.130. The van der Waals surface area contributed by atoms with Gasteiger partial charge >= 0.3 is 5.97 Å². The van der Waals surface area contributed by atoms with E-state index in [-0.39, 0.29) is 11.6 Å². The van der Waals surface area contributed by atoms with Crippen molar-refractivity contribution in [3.63, 3.8) is 0 Å². The Hall–Kier alpha value is -3.15. The van der Waals surface area contributed by atoms with Crippen LogP contribution in [0.1, 0.15) is 12.0 Å². The Labute approximate surface area is 144 Å². The third kappa shape index (κ3) is 4.23. The molecule has 0 atom stereocenters. The molecule has 0 fully saturated rings. The molecule has 0 radical (unpaired) electrons. The lowest BCUT2D eigenvalue weighted by Crippen LogP contribution is -2.08. The van der Waals surface area contributed by atoms with Crippen molar-refractivity contribution >= 4 is 17.9 Å². The molecule has 0 saturated heterocycles. The number of rotatable bonds is 6. The SMILES string of the molecule is COc1ccc(F)cc1/C=C1/N=C(CCOc2ccccc2)OC1=O. The molecular weight excluding hydrogens is 325 g/mol. The highest BCUT2D eigenvalue weighted by atomic mass is 19.1. The molecule has 0 spiro atoms. The summed E-state index contributed by atoms with van der Waals surface area (Å²) >= 11 is 0. The number of halogens is 1. The Morgan fingerprint density at radius 3 is 2.76 bits per heavy atom. The number of carbonyl (C=O) groups is 1. The molecule has 1 aliphatic rings. The molecule has 2 aromatic carbocycles. The zero-order chi connectivity index (χ0) is 17.6. The maximum Gasteiger partial charge on any atom is 0.363 e. The zero-order valence-electron chi connectivity index (χ0n) is 13.6. The van der Waals surface area contributed by atoms with E-state index >= 15 is 0 Å². The van der Waals surface area contributed by atoms with Gasteiger partial charge in [-0.25, -0.2) is 14.2 Å². The smallest absolute Gasteiger partial charge is 0.363 e. The quantitative estimate of drug-likeness (QED) is 0.595. The average Bonchev–Trinajstić information content (AvgIpc) is 2.96. The van der Waals surface area contributed by atoms with Gasteiger partial charge in [0.25, 0.3) is 0 Å². The first-order valence-corrected chi connectivity index (χ1v) is 7.68. The maximum absolute atomic E-state index is 13.4. The number of methoxy groups -OCH3 is 1. The summed E-state index contributed by atoms with van der Waals surface area (Å²) in [6.45, 7) is 0.326. The van der Waals surface area contributed by atoms with Gasteiger partial charge in [0.05, 0.1) is 20.1 Å². The van der Waals surface area contributed by atoms with Gasteiger partial charge in [0, 0.05) is 5.56 Å². The van der Waals surface area contributed by atoms with E-state index in [1.54, 1.807) is 0 Å². The fourth-order valence-corrected chi connectivity index (χ4v) is 2.30. The van der Waals surface area contributed by atoms with Crippen LogP contribution >= 0.6 is 0 Å². The van der Waals surface area contributed by atoms with Crippen LogP contribution in [0, 0.1) is 5.82 Å². The number of hydrogen-bond donors (Lipinski definition) is 0. The van der Waals surface area contributed by atoms with E-state index in [9.17, 15) is 9.18 Å². The third-order valence-electron chi connectivity index (χ3n) is 3.48. The van der Waals surface area contributed by atoms with Crippen LogP contribution in [0.4, 0.5) is 4.39 Å². The predicted octanol–water partition coefficient (Wildman–Crippen LogP) is 3.60. The highest BCUT2D eigenvalue weighted by molar-refractivity contribution is 6.07. The summed E-state index contributed by atoms with van der Waals surface area (Å²) in [4.78, 5) is 16.1. The monoisotopic (exact) mass is 341 g/mol. The van der Waals surface area contributed by atoms with Crippen LogP contribution in [-0.4, -0.2) is 25.6 Å². The summed E-state index contributed by atoms with van der Waals surface area (Å²) in [6, 6.07) is 13.3. The van der Waals surface area contributed by atoms with Crippen LogP contribution in [-0.2, 0) is 9.53 Å². The summed E-state index contributed by atoms with van der Waals surface area (Å²) < 4.78 is 29.2. The maximum atomic E-state index is 13.4. The van der Waals surface area contributed by atoms with E-state index in [1.807, 2.05) is 30.3 Å². The molecule has 0 bridgehead atoms. The van der Waals surface area contributed by atoms with Crippen LogP contribution in [0.3, 0.4) is 0 Å². The standard InChI is InChI=1S/C19H16FNO4/c1-23-17-8-7-14(20)11-13(17)12-16-19(22)25-18(21-16)9-10-24-15-5-3-2-4-6-15/h2-8,11-12H,9-10H2,1H3/b16-12+. The van der Waals surface area contributed by atoms with Gasteiger partial charge in [-0.1, -0.05) is 18.2 Å². The number of benzene rings is 2. The molecule has 0 aromatic heterocycles. The molecule has 1 heterocycles. The first kappa shape index (κ1) is 16.7. The summed E-state index contributed by atoms with van der Waals surface area (Å²) in [5, 5.41) is 0. The van der Waals surface area contributed by atoms with Gasteiger partial charge in [0.2, 0.25) is 5.90 Å². The van der Waals surface area contributed by atoms with Gasteiger partial charge in [-0.15, -0.1) is 0 Å². The summed E-state index contributed by atoms with van der Waals surface area (Å²) in [6.07, 6.45) is 1.79. The van der Waals surface area contributed by atoms with E-state index in [2.05, 4.69) is 4.99 Å². The first-order valence-electron chi connectivity index (χ1n) is 7.68. The first-order chi connectivity index (χ1) is 12.2. The van der Waals surface area contributed by atoms with Crippen molar-refractivity contribution in [2.75, 3.05) is 13.7 Å². The van der Waals surface area contributed by atoms with Gasteiger partial charge in [-0.05, 0) is 36.4 Å². The van der Waals surface area contributed by atoms with Gasteiger partial charge in [0.1, 0.15) is 17.3 Å². The van der Waals surface area contributed by atoms with Crippen LogP contribution in [0.2, 0.25) is 0 Å². The Kier molecular flexibility index (Phi) is 5.09. The van der Waals surface area contributed by atoms with Crippen molar-refractivity contribution in [1.29, 1.82) is 0 Å². The second-order valence-corrected chi connectivity index (χ2v) is 5.22. The predicted molar refractivity (Wildman–Crippen MR) is 91.0 cm³/mol. The Morgan fingerprint density at radius 1 is 1.20 bits per heavy atom. The van der Waals surface area contributed by atoms with E-state index in [4.69, 9.17) is 14.2 Å². The fraction of sp³-hybridized carbons (Fsp3) is 0.158. The lowest BCUT2D eigenvalue weighted by atomic mass is 10.1.